The van der Waals surface area contributed by atoms with E-state index < -0.39 is 34.5 Å². The van der Waals surface area contributed by atoms with Gasteiger partial charge in [-0.1, -0.05) is 17.7 Å². The second kappa shape index (κ2) is 8.94. The molecule has 0 aliphatic heterocycles. The first-order valence-corrected chi connectivity index (χ1v) is 7.74. The second-order valence-corrected chi connectivity index (χ2v) is 5.53. The van der Waals surface area contributed by atoms with E-state index in [9.17, 15) is 22.8 Å². The van der Waals surface area contributed by atoms with Gasteiger partial charge in [0.25, 0.3) is 0 Å². The zero-order chi connectivity index (χ0) is 18.3. The Balaban J connectivity index is 2.95. The van der Waals surface area contributed by atoms with Crippen LogP contribution in [0, 0.1) is 5.92 Å². The second-order valence-electron chi connectivity index (χ2n) is 4.75. The molecule has 1 aromatic carbocycles. The van der Waals surface area contributed by atoms with Crippen molar-refractivity contribution >= 4 is 40.7 Å². The van der Waals surface area contributed by atoms with Crippen LogP contribution in [0.15, 0.2) is 30.9 Å². The van der Waals surface area contributed by atoms with Gasteiger partial charge in [-0.3, -0.25) is 9.59 Å². The minimum Gasteiger partial charge on any atom is -0.352 e. The number of rotatable bonds is 7. The van der Waals surface area contributed by atoms with Gasteiger partial charge in [0.1, 0.15) is 5.92 Å². The topological polar surface area (TPSA) is 58.2 Å². The number of carbonyl (C=O) groups excluding carboxylic acids is 2. The summed E-state index contributed by atoms with van der Waals surface area (Å²) in [6.45, 7) is 3.59. The SMILES string of the molecule is C=CCNC(=O)C(CCCl)C(=O)Nc1ccc(Cl)c(C(F)(F)F)c1. The third kappa shape index (κ3) is 5.72. The molecule has 0 saturated carbocycles. The minimum atomic E-state index is -4.66. The summed E-state index contributed by atoms with van der Waals surface area (Å²) in [6, 6.07) is 2.95. The van der Waals surface area contributed by atoms with Crippen LogP contribution in [0.1, 0.15) is 12.0 Å². The number of anilines is 1. The molecule has 132 valence electrons. The third-order valence-corrected chi connectivity index (χ3v) is 3.54. The first-order chi connectivity index (χ1) is 11.2. The predicted octanol–water partition coefficient (Wildman–Crippen LogP) is 3.84. The molecule has 0 aliphatic carbocycles. The van der Waals surface area contributed by atoms with Crippen molar-refractivity contribution in [3.8, 4) is 0 Å². The van der Waals surface area contributed by atoms with Gasteiger partial charge in [0.2, 0.25) is 11.8 Å². The summed E-state index contributed by atoms with van der Waals surface area (Å²) in [5.74, 6) is -2.44. The van der Waals surface area contributed by atoms with E-state index >= 15 is 0 Å². The largest absolute Gasteiger partial charge is 0.417 e. The normalized spacial score (nSPS) is 12.4. The number of halogens is 5. The smallest absolute Gasteiger partial charge is 0.352 e. The Morgan fingerprint density at radius 1 is 1.29 bits per heavy atom. The number of nitrogens with one attached hydrogen (secondary N) is 2. The highest BCUT2D eigenvalue weighted by molar-refractivity contribution is 6.31. The first kappa shape index (κ1) is 20.3. The van der Waals surface area contributed by atoms with Gasteiger partial charge in [-0.15, -0.1) is 18.2 Å². The van der Waals surface area contributed by atoms with E-state index in [4.69, 9.17) is 23.2 Å². The fourth-order valence-electron chi connectivity index (χ4n) is 1.84. The maximum Gasteiger partial charge on any atom is 0.417 e. The Labute approximate surface area is 147 Å². The molecule has 1 atom stereocenters. The van der Waals surface area contributed by atoms with Crippen molar-refractivity contribution in [2.24, 2.45) is 5.92 Å². The number of amides is 2. The summed E-state index contributed by atoms with van der Waals surface area (Å²) in [6.07, 6.45) is -3.19. The molecular weight excluding hydrogens is 368 g/mol. The highest BCUT2D eigenvalue weighted by Crippen LogP contribution is 2.36. The van der Waals surface area contributed by atoms with Crippen molar-refractivity contribution in [1.29, 1.82) is 0 Å². The highest BCUT2D eigenvalue weighted by atomic mass is 35.5. The summed E-state index contributed by atoms with van der Waals surface area (Å²) >= 11 is 11.1. The van der Waals surface area contributed by atoms with Crippen molar-refractivity contribution in [3.05, 3.63) is 41.4 Å². The van der Waals surface area contributed by atoms with Gasteiger partial charge >= 0.3 is 6.18 Å². The molecule has 0 radical (unpaired) electrons. The number of carbonyl (C=O) groups is 2. The standard InChI is InChI=1S/C15H15Cl2F3N2O2/c1-2-7-21-13(23)10(5-6-16)14(24)22-9-3-4-12(17)11(8-9)15(18,19)20/h2-4,8,10H,1,5-7H2,(H,21,23)(H,22,24). The third-order valence-electron chi connectivity index (χ3n) is 2.99. The van der Waals surface area contributed by atoms with Crippen LogP contribution < -0.4 is 10.6 Å². The van der Waals surface area contributed by atoms with Crippen LogP contribution in [0.5, 0.6) is 0 Å². The molecule has 0 fully saturated rings. The quantitative estimate of drug-likeness (QED) is 0.427. The molecule has 0 aliphatic rings. The molecule has 0 spiro atoms. The number of benzene rings is 1. The van der Waals surface area contributed by atoms with E-state index in [0.717, 1.165) is 6.07 Å². The van der Waals surface area contributed by atoms with Crippen LogP contribution in [-0.4, -0.2) is 24.2 Å². The molecule has 0 bridgehead atoms. The van der Waals surface area contributed by atoms with E-state index in [1.165, 1.54) is 12.1 Å². The molecule has 4 nitrogen and oxygen atoms in total. The van der Waals surface area contributed by atoms with Gasteiger partial charge < -0.3 is 10.6 Å². The van der Waals surface area contributed by atoms with Gasteiger partial charge in [0, 0.05) is 18.1 Å². The number of alkyl halides is 4. The fraction of sp³-hybridized carbons (Fsp3) is 0.333. The fourth-order valence-corrected chi connectivity index (χ4v) is 2.28. The van der Waals surface area contributed by atoms with Crippen LogP contribution in [-0.2, 0) is 15.8 Å². The molecule has 0 aromatic heterocycles. The van der Waals surface area contributed by atoms with Gasteiger partial charge in [-0.05, 0) is 24.6 Å². The molecule has 24 heavy (non-hydrogen) atoms. The van der Waals surface area contributed by atoms with Gasteiger partial charge in [-0.2, -0.15) is 13.2 Å². The Hall–Kier alpha value is -1.73. The molecule has 1 rings (SSSR count). The van der Waals surface area contributed by atoms with Crippen molar-refractivity contribution in [1.82, 2.24) is 5.32 Å². The molecule has 2 amide bonds. The molecular formula is C15H15Cl2F3N2O2. The Morgan fingerprint density at radius 3 is 2.50 bits per heavy atom. The van der Waals surface area contributed by atoms with Crippen molar-refractivity contribution in [3.63, 3.8) is 0 Å². The molecule has 1 aromatic rings. The number of hydrogen-bond acceptors (Lipinski definition) is 2. The van der Waals surface area contributed by atoms with E-state index in [0.29, 0.717) is 6.07 Å². The summed E-state index contributed by atoms with van der Waals surface area (Å²) in [7, 11) is 0. The highest BCUT2D eigenvalue weighted by Gasteiger charge is 2.34. The van der Waals surface area contributed by atoms with Crippen LogP contribution >= 0.6 is 23.2 Å². The van der Waals surface area contributed by atoms with E-state index in [1.807, 2.05) is 0 Å². The minimum absolute atomic E-state index is 0.0357. The Morgan fingerprint density at radius 2 is 1.96 bits per heavy atom. The first-order valence-electron chi connectivity index (χ1n) is 6.83. The van der Waals surface area contributed by atoms with Crippen molar-refractivity contribution in [2.75, 3.05) is 17.7 Å². The summed E-state index contributed by atoms with van der Waals surface area (Å²) in [5, 5.41) is 4.25. The van der Waals surface area contributed by atoms with Gasteiger partial charge in [-0.25, -0.2) is 0 Å². The predicted molar refractivity (Wildman–Crippen MR) is 87.1 cm³/mol. The maximum atomic E-state index is 12.8. The van der Waals surface area contributed by atoms with Crippen LogP contribution in [0.25, 0.3) is 0 Å². The molecule has 2 N–H and O–H groups in total. The van der Waals surface area contributed by atoms with Crippen LogP contribution in [0.4, 0.5) is 18.9 Å². The molecule has 0 heterocycles. The maximum absolute atomic E-state index is 12.8. The molecule has 0 saturated heterocycles. The monoisotopic (exact) mass is 382 g/mol. The summed E-state index contributed by atoms with van der Waals surface area (Å²) in [5.41, 5.74) is -1.19. The van der Waals surface area contributed by atoms with Crippen LogP contribution in [0.2, 0.25) is 5.02 Å². The van der Waals surface area contributed by atoms with E-state index in [-0.39, 0.29) is 24.5 Å². The van der Waals surface area contributed by atoms with Crippen molar-refractivity contribution in [2.45, 2.75) is 12.6 Å². The average molecular weight is 383 g/mol. The van der Waals surface area contributed by atoms with Crippen molar-refractivity contribution < 1.29 is 22.8 Å². The lowest BCUT2D eigenvalue weighted by Crippen LogP contribution is -2.38. The molecule has 1 unspecified atom stereocenters. The van der Waals surface area contributed by atoms with Crippen LogP contribution in [0.3, 0.4) is 0 Å². The lowest BCUT2D eigenvalue weighted by atomic mass is 10.0. The van der Waals surface area contributed by atoms with Gasteiger partial charge in [0.15, 0.2) is 0 Å². The summed E-state index contributed by atoms with van der Waals surface area (Å²) < 4.78 is 38.5. The Kier molecular flexibility index (Phi) is 7.57. The zero-order valence-electron chi connectivity index (χ0n) is 12.4. The van der Waals surface area contributed by atoms with E-state index in [1.54, 1.807) is 0 Å². The molecule has 9 heteroatoms. The zero-order valence-corrected chi connectivity index (χ0v) is 13.9. The van der Waals surface area contributed by atoms with Gasteiger partial charge in [0.05, 0.1) is 10.6 Å². The lowest BCUT2D eigenvalue weighted by Gasteiger charge is -2.16. The summed E-state index contributed by atoms with van der Waals surface area (Å²) in [4.78, 5) is 24.1. The van der Waals surface area contributed by atoms with E-state index in [2.05, 4.69) is 17.2 Å². The lowest BCUT2D eigenvalue weighted by molar-refractivity contribution is -0.137. The average Bonchev–Trinajstić information content (AvgIpc) is 2.50. The number of hydrogen-bond donors (Lipinski definition) is 2. The Bertz CT molecular complexity index is 621.